The first-order chi connectivity index (χ1) is 10.2. The van der Waals surface area contributed by atoms with Gasteiger partial charge in [0.25, 0.3) is 0 Å². The summed E-state index contributed by atoms with van der Waals surface area (Å²) in [5.41, 5.74) is 6.88. The summed E-state index contributed by atoms with van der Waals surface area (Å²) in [7, 11) is 0. The van der Waals surface area contributed by atoms with Crippen LogP contribution in [0.1, 0.15) is 50.5 Å². The molecule has 2 aliphatic rings. The van der Waals surface area contributed by atoms with Crippen LogP contribution in [0.5, 0.6) is 0 Å². The molecular formula is C18H26FNO. The molecule has 1 spiro atoms. The number of ether oxygens (including phenoxy) is 1. The third-order valence-corrected chi connectivity index (χ3v) is 5.25. The van der Waals surface area contributed by atoms with Crippen molar-refractivity contribution in [2.45, 2.75) is 63.1 Å². The molecule has 0 bridgehead atoms. The standard InChI is InChI=1S/C18H26FNO/c19-17-6-2-1-5-15(17)11-14(13-20)12-16-7-10-18(21-16)8-3-4-9-18/h1-2,5-6,14,16H,3-4,7-13,20H2. The SMILES string of the molecule is NCC(Cc1ccccc1F)CC1CCC2(CCCC2)O1. The minimum absolute atomic E-state index is 0.115. The van der Waals surface area contributed by atoms with Gasteiger partial charge in [-0.15, -0.1) is 0 Å². The van der Waals surface area contributed by atoms with Crippen molar-refractivity contribution < 1.29 is 9.13 Å². The van der Waals surface area contributed by atoms with Crippen LogP contribution in [-0.4, -0.2) is 18.2 Å². The van der Waals surface area contributed by atoms with Gasteiger partial charge in [0.05, 0.1) is 11.7 Å². The Balaban J connectivity index is 1.57. The Hall–Kier alpha value is -0.930. The highest BCUT2D eigenvalue weighted by Crippen LogP contribution is 2.44. The summed E-state index contributed by atoms with van der Waals surface area (Å²) < 4.78 is 20.1. The monoisotopic (exact) mass is 291 g/mol. The van der Waals surface area contributed by atoms with E-state index in [1.807, 2.05) is 12.1 Å². The molecule has 2 unspecified atom stereocenters. The first-order valence-electron chi connectivity index (χ1n) is 8.32. The lowest BCUT2D eigenvalue weighted by molar-refractivity contribution is -0.0438. The van der Waals surface area contributed by atoms with E-state index in [4.69, 9.17) is 10.5 Å². The highest BCUT2D eigenvalue weighted by atomic mass is 19.1. The zero-order valence-electron chi connectivity index (χ0n) is 12.7. The number of halogens is 1. The lowest BCUT2D eigenvalue weighted by Crippen LogP contribution is -2.27. The molecule has 1 saturated carbocycles. The second-order valence-corrected chi connectivity index (χ2v) is 6.80. The van der Waals surface area contributed by atoms with Crippen LogP contribution >= 0.6 is 0 Å². The average molecular weight is 291 g/mol. The lowest BCUT2D eigenvalue weighted by Gasteiger charge is -2.25. The summed E-state index contributed by atoms with van der Waals surface area (Å²) in [4.78, 5) is 0. The van der Waals surface area contributed by atoms with Gasteiger partial charge in [-0.3, -0.25) is 0 Å². The van der Waals surface area contributed by atoms with Crippen molar-refractivity contribution in [3.8, 4) is 0 Å². The van der Waals surface area contributed by atoms with Crippen LogP contribution in [0.25, 0.3) is 0 Å². The maximum Gasteiger partial charge on any atom is 0.126 e. The Morgan fingerprint density at radius 1 is 1.24 bits per heavy atom. The van der Waals surface area contributed by atoms with Gasteiger partial charge in [-0.2, -0.15) is 0 Å². The number of benzene rings is 1. The van der Waals surface area contributed by atoms with Gasteiger partial charge < -0.3 is 10.5 Å². The molecule has 1 aromatic rings. The van der Waals surface area contributed by atoms with E-state index in [9.17, 15) is 4.39 Å². The molecule has 1 saturated heterocycles. The summed E-state index contributed by atoms with van der Waals surface area (Å²) in [6.45, 7) is 0.598. The molecule has 2 fully saturated rings. The lowest BCUT2D eigenvalue weighted by atomic mass is 9.92. The van der Waals surface area contributed by atoms with E-state index in [0.717, 1.165) is 24.8 Å². The summed E-state index contributed by atoms with van der Waals surface area (Å²) >= 11 is 0. The molecule has 2 atom stereocenters. The smallest absolute Gasteiger partial charge is 0.126 e. The zero-order valence-corrected chi connectivity index (χ0v) is 12.7. The normalized spacial score (nSPS) is 25.5. The molecule has 21 heavy (non-hydrogen) atoms. The van der Waals surface area contributed by atoms with Gasteiger partial charge in [0.1, 0.15) is 5.82 Å². The van der Waals surface area contributed by atoms with Crippen LogP contribution in [0.4, 0.5) is 4.39 Å². The highest BCUT2D eigenvalue weighted by molar-refractivity contribution is 5.18. The highest BCUT2D eigenvalue weighted by Gasteiger charge is 2.42. The van der Waals surface area contributed by atoms with Crippen LogP contribution < -0.4 is 5.73 Å². The summed E-state index contributed by atoms with van der Waals surface area (Å²) in [5.74, 6) is 0.194. The van der Waals surface area contributed by atoms with Crippen LogP contribution in [0, 0.1) is 11.7 Å². The quantitative estimate of drug-likeness (QED) is 0.895. The second-order valence-electron chi connectivity index (χ2n) is 6.80. The summed E-state index contributed by atoms with van der Waals surface area (Å²) in [6, 6.07) is 7.03. The van der Waals surface area contributed by atoms with Crippen molar-refractivity contribution >= 4 is 0 Å². The number of hydrogen-bond donors (Lipinski definition) is 1. The largest absolute Gasteiger partial charge is 0.372 e. The number of rotatable bonds is 5. The van der Waals surface area contributed by atoms with Crippen molar-refractivity contribution in [3.05, 3.63) is 35.6 Å². The van der Waals surface area contributed by atoms with Crippen LogP contribution in [0.15, 0.2) is 24.3 Å². The van der Waals surface area contributed by atoms with E-state index in [0.29, 0.717) is 18.6 Å². The molecule has 1 aliphatic carbocycles. The van der Waals surface area contributed by atoms with Crippen LogP contribution in [-0.2, 0) is 11.2 Å². The molecule has 3 rings (SSSR count). The van der Waals surface area contributed by atoms with E-state index >= 15 is 0 Å². The van der Waals surface area contributed by atoms with Crippen LogP contribution in [0.2, 0.25) is 0 Å². The van der Waals surface area contributed by atoms with Gasteiger partial charge in [0.15, 0.2) is 0 Å². The van der Waals surface area contributed by atoms with Crippen molar-refractivity contribution in [2.75, 3.05) is 6.54 Å². The summed E-state index contributed by atoms with van der Waals surface area (Å²) in [6.07, 6.45) is 9.42. The fourth-order valence-corrected chi connectivity index (χ4v) is 4.06. The molecule has 0 radical (unpaired) electrons. The molecule has 2 N–H and O–H groups in total. The molecule has 116 valence electrons. The Labute approximate surface area is 126 Å². The van der Waals surface area contributed by atoms with Gasteiger partial charge in [-0.05, 0) is 62.6 Å². The van der Waals surface area contributed by atoms with E-state index in [-0.39, 0.29) is 11.4 Å². The number of hydrogen-bond acceptors (Lipinski definition) is 2. The fraction of sp³-hybridized carbons (Fsp3) is 0.667. The molecular weight excluding hydrogens is 265 g/mol. The van der Waals surface area contributed by atoms with E-state index in [1.165, 1.54) is 38.2 Å². The second kappa shape index (κ2) is 6.45. The maximum atomic E-state index is 13.8. The molecule has 2 nitrogen and oxygen atoms in total. The molecule has 0 amide bonds. The van der Waals surface area contributed by atoms with Gasteiger partial charge in [-0.25, -0.2) is 4.39 Å². The van der Waals surface area contributed by atoms with Crippen molar-refractivity contribution in [1.82, 2.24) is 0 Å². The molecule has 1 aromatic carbocycles. The minimum atomic E-state index is -0.115. The maximum absolute atomic E-state index is 13.8. The first-order valence-corrected chi connectivity index (χ1v) is 8.32. The third kappa shape index (κ3) is 3.46. The molecule has 3 heteroatoms. The predicted octanol–water partition coefficient (Wildman–Crippen LogP) is 3.83. The molecule has 1 heterocycles. The van der Waals surface area contributed by atoms with E-state index in [1.54, 1.807) is 6.07 Å². The van der Waals surface area contributed by atoms with E-state index in [2.05, 4.69) is 0 Å². The zero-order chi connectivity index (χ0) is 14.7. The summed E-state index contributed by atoms with van der Waals surface area (Å²) in [5, 5.41) is 0. The Morgan fingerprint density at radius 2 is 2.00 bits per heavy atom. The topological polar surface area (TPSA) is 35.2 Å². The Kier molecular flexibility index (Phi) is 4.60. The third-order valence-electron chi connectivity index (χ3n) is 5.25. The van der Waals surface area contributed by atoms with Crippen LogP contribution in [0.3, 0.4) is 0 Å². The van der Waals surface area contributed by atoms with Gasteiger partial charge >= 0.3 is 0 Å². The first kappa shape index (κ1) is 15.0. The average Bonchev–Trinajstić information content (AvgIpc) is 3.11. The molecule has 1 aliphatic heterocycles. The fourth-order valence-electron chi connectivity index (χ4n) is 4.06. The predicted molar refractivity (Wildman–Crippen MR) is 82.6 cm³/mol. The van der Waals surface area contributed by atoms with Gasteiger partial charge in [-0.1, -0.05) is 31.0 Å². The molecule has 0 aromatic heterocycles. The van der Waals surface area contributed by atoms with E-state index < -0.39 is 0 Å². The minimum Gasteiger partial charge on any atom is -0.372 e. The number of nitrogens with two attached hydrogens (primary N) is 1. The van der Waals surface area contributed by atoms with Gasteiger partial charge in [0.2, 0.25) is 0 Å². The Morgan fingerprint density at radius 3 is 2.71 bits per heavy atom. The Bertz CT molecular complexity index is 470. The van der Waals surface area contributed by atoms with Crippen molar-refractivity contribution in [1.29, 1.82) is 0 Å². The van der Waals surface area contributed by atoms with Crippen molar-refractivity contribution in [3.63, 3.8) is 0 Å². The van der Waals surface area contributed by atoms with Crippen molar-refractivity contribution in [2.24, 2.45) is 11.7 Å². The van der Waals surface area contributed by atoms with Gasteiger partial charge in [0, 0.05) is 0 Å².